The standard InChI is InChI=1S/C23H28N4O/c1-17-12-26-15-20(28)11-19(26)14-25(17)16-23-24-21-9-5-6-10-22(21)27(23)13-18-7-3-2-4-8-18/h2-10,17,19-20,28H,11-16H2,1H3/t17-,19-,20-/m1/s1. The van der Waals surface area contributed by atoms with Gasteiger partial charge in [0.2, 0.25) is 0 Å². The molecule has 0 spiro atoms. The molecule has 2 aliphatic heterocycles. The number of aromatic nitrogens is 2. The molecule has 28 heavy (non-hydrogen) atoms. The van der Waals surface area contributed by atoms with E-state index in [4.69, 9.17) is 4.98 Å². The van der Waals surface area contributed by atoms with Crippen molar-refractivity contribution in [2.45, 2.75) is 44.6 Å². The smallest absolute Gasteiger partial charge is 0.124 e. The Morgan fingerprint density at radius 1 is 0.964 bits per heavy atom. The summed E-state index contributed by atoms with van der Waals surface area (Å²) in [4.78, 5) is 10.00. The highest BCUT2D eigenvalue weighted by molar-refractivity contribution is 5.76. The highest BCUT2D eigenvalue weighted by atomic mass is 16.3. The van der Waals surface area contributed by atoms with Crippen LogP contribution in [0.4, 0.5) is 0 Å². The van der Waals surface area contributed by atoms with Gasteiger partial charge in [-0.15, -0.1) is 0 Å². The number of nitrogens with zero attached hydrogens (tertiary/aromatic N) is 4. The number of hydrogen-bond donors (Lipinski definition) is 1. The Morgan fingerprint density at radius 3 is 2.61 bits per heavy atom. The SMILES string of the molecule is C[C@@H]1CN2C[C@H](O)C[C@@H]2CN1Cc1nc2ccccc2n1Cc1ccccc1. The third-order valence-corrected chi connectivity index (χ3v) is 6.33. The molecule has 1 aromatic heterocycles. The molecule has 0 radical (unpaired) electrons. The summed E-state index contributed by atoms with van der Waals surface area (Å²) >= 11 is 0. The molecule has 0 amide bonds. The second-order valence-corrected chi connectivity index (χ2v) is 8.36. The highest BCUT2D eigenvalue weighted by Crippen LogP contribution is 2.27. The van der Waals surface area contributed by atoms with Crippen molar-refractivity contribution in [3.8, 4) is 0 Å². The molecule has 5 heteroatoms. The van der Waals surface area contributed by atoms with Gasteiger partial charge in [0.05, 0.1) is 23.7 Å². The van der Waals surface area contributed by atoms with Crippen molar-refractivity contribution in [1.29, 1.82) is 0 Å². The Bertz CT molecular complexity index is 954. The van der Waals surface area contributed by atoms with E-state index in [0.29, 0.717) is 12.1 Å². The van der Waals surface area contributed by atoms with E-state index < -0.39 is 0 Å². The van der Waals surface area contributed by atoms with Crippen LogP contribution in [0.1, 0.15) is 24.7 Å². The lowest BCUT2D eigenvalue weighted by Gasteiger charge is -2.42. The molecular weight excluding hydrogens is 348 g/mol. The van der Waals surface area contributed by atoms with E-state index in [0.717, 1.165) is 50.5 Å². The van der Waals surface area contributed by atoms with Crippen molar-refractivity contribution >= 4 is 11.0 Å². The van der Waals surface area contributed by atoms with E-state index in [-0.39, 0.29) is 6.10 Å². The Kier molecular flexibility index (Phi) is 4.67. The van der Waals surface area contributed by atoms with E-state index >= 15 is 0 Å². The molecule has 3 atom stereocenters. The molecule has 1 N–H and O–H groups in total. The van der Waals surface area contributed by atoms with Crippen molar-refractivity contribution in [3.63, 3.8) is 0 Å². The van der Waals surface area contributed by atoms with Crippen LogP contribution in [0.15, 0.2) is 54.6 Å². The summed E-state index contributed by atoms with van der Waals surface area (Å²) in [7, 11) is 0. The Hall–Kier alpha value is -2.21. The van der Waals surface area contributed by atoms with Gasteiger partial charge in [0.25, 0.3) is 0 Å². The van der Waals surface area contributed by atoms with Crippen LogP contribution in [0.25, 0.3) is 11.0 Å². The molecule has 5 rings (SSSR count). The van der Waals surface area contributed by atoms with Crippen LogP contribution in [0.5, 0.6) is 0 Å². The zero-order chi connectivity index (χ0) is 19.1. The van der Waals surface area contributed by atoms with Crippen LogP contribution in [-0.4, -0.2) is 62.3 Å². The molecule has 2 saturated heterocycles. The van der Waals surface area contributed by atoms with Crippen molar-refractivity contribution in [1.82, 2.24) is 19.4 Å². The summed E-state index contributed by atoms with van der Waals surface area (Å²) in [5, 5.41) is 10.0. The quantitative estimate of drug-likeness (QED) is 0.760. The Balaban J connectivity index is 1.44. The Labute approximate surface area is 166 Å². The first-order chi connectivity index (χ1) is 13.7. The van der Waals surface area contributed by atoms with Gasteiger partial charge >= 0.3 is 0 Å². The summed E-state index contributed by atoms with van der Waals surface area (Å²) in [5.41, 5.74) is 3.56. The number of benzene rings is 2. The molecular formula is C23H28N4O. The molecule has 146 valence electrons. The molecule has 2 fully saturated rings. The largest absolute Gasteiger partial charge is 0.392 e. The molecule has 0 unspecified atom stereocenters. The van der Waals surface area contributed by atoms with Crippen LogP contribution in [0.3, 0.4) is 0 Å². The van der Waals surface area contributed by atoms with Crippen molar-refractivity contribution in [2.24, 2.45) is 0 Å². The summed E-state index contributed by atoms with van der Waals surface area (Å²) in [6.45, 7) is 6.85. The van der Waals surface area contributed by atoms with E-state index in [1.54, 1.807) is 0 Å². The van der Waals surface area contributed by atoms with Crippen LogP contribution in [0.2, 0.25) is 0 Å². The molecule has 3 aromatic rings. The Morgan fingerprint density at radius 2 is 1.75 bits per heavy atom. The summed E-state index contributed by atoms with van der Waals surface area (Å²) in [6.07, 6.45) is 0.726. The first kappa shape index (κ1) is 17.9. The second-order valence-electron chi connectivity index (χ2n) is 8.36. The second kappa shape index (κ2) is 7.32. The lowest BCUT2D eigenvalue weighted by molar-refractivity contribution is 0.0505. The van der Waals surface area contributed by atoms with Gasteiger partial charge in [0.15, 0.2) is 0 Å². The molecule has 2 aliphatic rings. The van der Waals surface area contributed by atoms with Crippen molar-refractivity contribution in [3.05, 3.63) is 66.0 Å². The molecule has 0 aliphatic carbocycles. The molecule has 3 heterocycles. The van der Waals surface area contributed by atoms with Crippen molar-refractivity contribution in [2.75, 3.05) is 19.6 Å². The minimum absolute atomic E-state index is 0.167. The first-order valence-corrected chi connectivity index (χ1v) is 10.3. The maximum Gasteiger partial charge on any atom is 0.124 e. The summed E-state index contributed by atoms with van der Waals surface area (Å²) in [5.74, 6) is 1.13. The van der Waals surface area contributed by atoms with Gasteiger partial charge in [-0.2, -0.15) is 0 Å². The van der Waals surface area contributed by atoms with Crippen LogP contribution < -0.4 is 0 Å². The summed E-state index contributed by atoms with van der Waals surface area (Å²) in [6, 6.07) is 20.0. The van der Waals surface area contributed by atoms with Gasteiger partial charge < -0.3 is 9.67 Å². The predicted molar refractivity (Wildman–Crippen MR) is 111 cm³/mol. The number of aliphatic hydroxyl groups is 1. The van der Waals surface area contributed by atoms with Gasteiger partial charge in [-0.1, -0.05) is 42.5 Å². The van der Waals surface area contributed by atoms with Gasteiger partial charge in [0, 0.05) is 38.3 Å². The minimum Gasteiger partial charge on any atom is -0.392 e. The van der Waals surface area contributed by atoms with E-state index in [1.807, 2.05) is 0 Å². The number of piperazine rings is 1. The highest BCUT2D eigenvalue weighted by Gasteiger charge is 2.38. The third kappa shape index (κ3) is 3.34. The average molecular weight is 377 g/mol. The van der Waals surface area contributed by atoms with E-state index in [1.165, 1.54) is 11.1 Å². The fourth-order valence-electron chi connectivity index (χ4n) is 4.87. The third-order valence-electron chi connectivity index (χ3n) is 6.33. The first-order valence-electron chi connectivity index (χ1n) is 10.3. The number of aliphatic hydroxyl groups excluding tert-OH is 1. The van der Waals surface area contributed by atoms with Gasteiger partial charge in [-0.3, -0.25) is 9.80 Å². The van der Waals surface area contributed by atoms with Gasteiger partial charge in [-0.05, 0) is 31.0 Å². The lowest BCUT2D eigenvalue weighted by atomic mass is 10.1. The van der Waals surface area contributed by atoms with Crippen molar-refractivity contribution < 1.29 is 5.11 Å². The fraction of sp³-hybridized carbons (Fsp3) is 0.435. The number of imidazole rings is 1. The monoisotopic (exact) mass is 376 g/mol. The van der Waals surface area contributed by atoms with Crippen LogP contribution in [0, 0.1) is 0 Å². The summed E-state index contributed by atoms with van der Waals surface area (Å²) < 4.78 is 2.37. The number of rotatable bonds is 4. The predicted octanol–water partition coefficient (Wildman–Crippen LogP) is 2.72. The number of hydrogen-bond acceptors (Lipinski definition) is 4. The van der Waals surface area contributed by atoms with Gasteiger partial charge in [-0.25, -0.2) is 4.98 Å². The number of fused-ring (bicyclic) bond motifs is 2. The van der Waals surface area contributed by atoms with E-state index in [2.05, 4.69) is 75.9 Å². The zero-order valence-electron chi connectivity index (χ0n) is 16.4. The molecule has 0 bridgehead atoms. The van der Waals surface area contributed by atoms with Crippen LogP contribution >= 0.6 is 0 Å². The zero-order valence-corrected chi connectivity index (χ0v) is 16.4. The van der Waals surface area contributed by atoms with Gasteiger partial charge in [0.1, 0.15) is 5.82 Å². The lowest BCUT2D eigenvalue weighted by Crippen LogP contribution is -2.54. The topological polar surface area (TPSA) is 44.5 Å². The molecule has 2 aromatic carbocycles. The maximum atomic E-state index is 10.0. The minimum atomic E-state index is -0.167. The molecule has 0 saturated carbocycles. The maximum absolute atomic E-state index is 10.0. The average Bonchev–Trinajstić information content (AvgIpc) is 3.22. The molecule has 5 nitrogen and oxygen atoms in total. The number of para-hydroxylation sites is 2. The van der Waals surface area contributed by atoms with Crippen LogP contribution in [-0.2, 0) is 13.1 Å². The normalized spacial score (nSPS) is 26.0. The van der Waals surface area contributed by atoms with E-state index in [9.17, 15) is 5.11 Å². The fourth-order valence-corrected chi connectivity index (χ4v) is 4.87.